The Labute approximate surface area is 78.0 Å². The third kappa shape index (κ3) is 1.89. The lowest BCUT2D eigenvalue weighted by atomic mass is 10.00. The molecule has 0 aromatic carbocycles. The molecule has 70 valence electrons. The number of carbonyl (C=O) groups excluding carboxylic acids is 1. The normalized spacial score (nSPS) is 25.2. The molecule has 3 nitrogen and oxygen atoms in total. The number of rotatable bonds is 1. The second kappa shape index (κ2) is 4.08. The quantitative estimate of drug-likeness (QED) is 0.350. The molecule has 13 heavy (non-hydrogen) atoms. The van der Waals surface area contributed by atoms with E-state index in [1.807, 2.05) is 13.0 Å². The maximum atomic E-state index is 11.2. The predicted molar refractivity (Wildman–Crippen MR) is 47.7 cm³/mol. The van der Waals surface area contributed by atoms with Gasteiger partial charge in [0.15, 0.2) is 0 Å². The van der Waals surface area contributed by atoms with E-state index in [4.69, 9.17) is 5.26 Å². The molecule has 0 aromatic heterocycles. The number of carbonyl (C=O) groups is 1. The molecule has 1 atom stereocenters. The van der Waals surface area contributed by atoms with Gasteiger partial charge in [-0.1, -0.05) is 6.92 Å². The van der Waals surface area contributed by atoms with E-state index < -0.39 is 5.97 Å². The van der Waals surface area contributed by atoms with E-state index in [-0.39, 0.29) is 5.57 Å². The average molecular weight is 179 g/mol. The van der Waals surface area contributed by atoms with Crippen molar-refractivity contribution in [1.82, 2.24) is 0 Å². The maximum Gasteiger partial charge on any atom is 0.348 e. The summed E-state index contributed by atoms with van der Waals surface area (Å²) < 4.78 is 4.54. The van der Waals surface area contributed by atoms with E-state index in [1.165, 1.54) is 7.11 Å². The Kier molecular flexibility index (Phi) is 3.07. The van der Waals surface area contributed by atoms with Crippen LogP contribution in [0.5, 0.6) is 0 Å². The number of ether oxygens (including phenoxy) is 1. The Hall–Kier alpha value is -1.30. The van der Waals surface area contributed by atoms with Crippen LogP contribution in [-0.4, -0.2) is 13.1 Å². The zero-order chi connectivity index (χ0) is 9.84. The Morgan fingerprint density at radius 1 is 1.69 bits per heavy atom. The molecule has 1 aliphatic carbocycles. The molecule has 1 fully saturated rings. The molecule has 1 saturated carbocycles. The SMILES string of the molecule is COC(=O)/C(C#N)=C1/CCCC1C. The number of esters is 1. The lowest BCUT2D eigenvalue weighted by Crippen LogP contribution is -2.07. The molecule has 0 N–H and O–H groups in total. The number of hydrogen-bond acceptors (Lipinski definition) is 3. The molecule has 0 heterocycles. The van der Waals surface area contributed by atoms with Crippen molar-refractivity contribution in [2.45, 2.75) is 26.2 Å². The summed E-state index contributed by atoms with van der Waals surface area (Å²) >= 11 is 0. The molecule has 3 heteroatoms. The van der Waals surface area contributed by atoms with Crippen LogP contribution in [0.15, 0.2) is 11.1 Å². The van der Waals surface area contributed by atoms with Crippen molar-refractivity contribution in [3.63, 3.8) is 0 Å². The number of methoxy groups -OCH3 is 1. The van der Waals surface area contributed by atoms with Crippen molar-refractivity contribution in [1.29, 1.82) is 5.26 Å². The topological polar surface area (TPSA) is 50.1 Å². The van der Waals surface area contributed by atoms with Crippen molar-refractivity contribution in [2.75, 3.05) is 7.11 Å². The first-order valence-corrected chi connectivity index (χ1v) is 4.42. The average Bonchev–Trinajstić information content (AvgIpc) is 2.53. The minimum Gasteiger partial charge on any atom is -0.465 e. The van der Waals surface area contributed by atoms with Crippen LogP contribution in [0.2, 0.25) is 0 Å². The van der Waals surface area contributed by atoms with Gasteiger partial charge in [0, 0.05) is 0 Å². The minimum absolute atomic E-state index is 0.215. The summed E-state index contributed by atoms with van der Waals surface area (Å²) in [5.74, 6) is -0.139. The van der Waals surface area contributed by atoms with Gasteiger partial charge in [0.25, 0.3) is 0 Å². The summed E-state index contributed by atoms with van der Waals surface area (Å²) in [6, 6.07) is 1.93. The molecule has 0 amide bonds. The van der Waals surface area contributed by atoms with Gasteiger partial charge in [0.1, 0.15) is 11.6 Å². The molecule has 1 unspecified atom stereocenters. The van der Waals surface area contributed by atoms with Gasteiger partial charge in [-0.05, 0) is 30.8 Å². The Balaban J connectivity index is 2.98. The zero-order valence-electron chi connectivity index (χ0n) is 7.96. The van der Waals surface area contributed by atoms with E-state index >= 15 is 0 Å². The third-order valence-corrected chi connectivity index (χ3v) is 2.50. The van der Waals surface area contributed by atoms with E-state index in [1.54, 1.807) is 0 Å². The van der Waals surface area contributed by atoms with Crippen LogP contribution in [0.25, 0.3) is 0 Å². The summed E-state index contributed by atoms with van der Waals surface area (Å²) in [5.41, 5.74) is 1.18. The van der Waals surface area contributed by atoms with Crippen LogP contribution in [-0.2, 0) is 9.53 Å². The molecule has 0 aromatic rings. The highest BCUT2D eigenvalue weighted by Crippen LogP contribution is 2.32. The van der Waals surface area contributed by atoms with Crippen LogP contribution in [0.3, 0.4) is 0 Å². The summed E-state index contributed by atoms with van der Waals surface area (Å²) in [4.78, 5) is 11.2. The standard InChI is InChI=1S/C10H13NO2/c1-7-4-3-5-8(7)9(6-11)10(12)13-2/h7H,3-5H2,1-2H3/b9-8-. The van der Waals surface area contributed by atoms with E-state index in [9.17, 15) is 4.79 Å². The fourth-order valence-electron chi connectivity index (χ4n) is 1.74. The van der Waals surface area contributed by atoms with Gasteiger partial charge in [-0.3, -0.25) is 0 Å². The van der Waals surface area contributed by atoms with Crippen LogP contribution in [0, 0.1) is 17.2 Å². The lowest BCUT2D eigenvalue weighted by Gasteiger charge is -2.06. The molecule has 1 rings (SSSR count). The minimum atomic E-state index is -0.494. The molecule has 0 aliphatic heterocycles. The monoisotopic (exact) mass is 179 g/mol. The zero-order valence-corrected chi connectivity index (χ0v) is 7.96. The smallest absolute Gasteiger partial charge is 0.348 e. The Morgan fingerprint density at radius 3 is 2.77 bits per heavy atom. The van der Waals surface area contributed by atoms with Gasteiger partial charge in [-0.15, -0.1) is 0 Å². The van der Waals surface area contributed by atoms with E-state index in [0.717, 1.165) is 24.8 Å². The fourth-order valence-corrected chi connectivity index (χ4v) is 1.74. The third-order valence-electron chi connectivity index (χ3n) is 2.50. The molecule has 0 spiro atoms. The van der Waals surface area contributed by atoms with E-state index in [0.29, 0.717) is 5.92 Å². The predicted octanol–water partition coefficient (Wildman–Crippen LogP) is 1.80. The van der Waals surface area contributed by atoms with Crippen LogP contribution in [0.4, 0.5) is 0 Å². The van der Waals surface area contributed by atoms with E-state index in [2.05, 4.69) is 4.74 Å². The molecule has 0 bridgehead atoms. The molecular weight excluding hydrogens is 166 g/mol. The lowest BCUT2D eigenvalue weighted by molar-refractivity contribution is -0.135. The van der Waals surface area contributed by atoms with Crippen molar-refractivity contribution in [2.24, 2.45) is 5.92 Å². The first-order valence-electron chi connectivity index (χ1n) is 4.42. The van der Waals surface area contributed by atoms with Gasteiger partial charge in [0.2, 0.25) is 0 Å². The molecule has 1 aliphatic rings. The van der Waals surface area contributed by atoms with Gasteiger partial charge in [0.05, 0.1) is 7.11 Å². The summed E-state index contributed by atoms with van der Waals surface area (Å²) in [7, 11) is 1.31. The summed E-state index contributed by atoms with van der Waals surface area (Å²) in [5, 5.41) is 8.80. The number of nitriles is 1. The highest BCUT2D eigenvalue weighted by Gasteiger charge is 2.24. The molecule has 0 radical (unpaired) electrons. The van der Waals surface area contributed by atoms with Gasteiger partial charge >= 0.3 is 5.97 Å². The van der Waals surface area contributed by atoms with Crippen LogP contribution in [0.1, 0.15) is 26.2 Å². The van der Waals surface area contributed by atoms with Crippen LogP contribution >= 0.6 is 0 Å². The van der Waals surface area contributed by atoms with Crippen LogP contribution < -0.4 is 0 Å². The largest absolute Gasteiger partial charge is 0.465 e. The first kappa shape index (κ1) is 9.79. The maximum absolute atomic E-state index is 11.2. The van der Waals surface area contributed by atoms with Crippen molar-refractivity contribution in [3.05, 3.63) is 11.1 Å². The number of hydrogen-bond donors (Lipinski definition) is 0. The number of allylic oxidation sites excluding steroid dienone is 1. The van der Waals surface area contributed by atoms with Crippen molar-refractivity contribution >= 4 is 5.97 Å². The highest BCUT2D eigenvalue weighted by molar-refractivity contribution is 5.93. The number of nitrogens with zero attached hydrogens (tertiary/aromatic N) is 1. The van der Waals surface area contributed by atoms with Crippen molar-refractivity contribution in [3.8, 4) is 6.07 Å². The molecule has 0 saturated heterocycles. The summed E-state index contributed by atoms with van der Waals surface area (Å²) in [6.45, 7) is 2.04. The van der Waals surface area contributed by atoms with Gasteiger partial charge in [-0.2, -0.15) is 5.26 Å². The Morgan fingerprint density at radius 2 is 2.38 bits per heavy atom. The van der Waals surface area contributed by atoms with Crippen molar-refractivity contribution < 1.29 is 9.53 Å². The summed E-state index contributed by atoms with van der Waals surface area (Å²) in [6.07, 6.45) is 3.00. The first-order chi connectivity index (χ1) is 6.20. The Bertz CT molecular complexity index is 286. The fraction of sp³-hybridized carbons (Fsp3) is 0.600. The van der Waals surface area contributed by atoms with Gasteiger partial charge < -0.3 is 4.74 Å². The second-order valence-corrected chi connectivity index (χ2v) is 3.30. The molecular formula is C10H13NO2. The second-order valence-electron chi connectivity index (χ2n) is 3.30. The van der Waals surface area contributed by atoms with Gasteiger partial charge in [-0.25, -0.2) is 4.79 Å². The highest BCUT2D eigenvalue weighted by atomic mass is 16.5.